The number of nitrogens with one attached hydrogen (secondary N) is 1. The van der Waals surface area contributed by atoms with Gasteiger partial charge in [-0.25, -0.2) is 8.42 Å². The number of nitrogens with zero attached hydrogens (tertiary/aromatic N) is 1. The number of benzene rings is 2. The molecule has 5 nitrogen and oxygen atoms in total. The first kappa shape index (κ1) is 22.5. The second-order valence-corrected chi connectivity index (χ2v) is 9.62. The van der Waals surface area contributed by atoms with E-state index in [-0.39, 0.29) is 16.8 Å². The van der Waals surface area contributed by atoms with Crippen molar-refractivity contribution in [2.45, 2.75) is 39.8 Å². The molecule has 0 bridgehead atoms. The van der Waals surface area contributed by atoms with Gasteiger partial charge in [-0.1, -0.05) is 47.0 Å². The molecular formula is C20H24Cl2N2O3S. The molecular weight excluding hydrogens is 419 g/mol. The van der Waals surface area contributed by atoms with Crippen molar-refractivity contribution in [1.82, 2.24) is 5.32 Å². The van der Waals surface area contributed by atoms with Crippen LogP contribution in [0, 0.1) is 13.8 Å². The smallest absolute Gasteiger partial charge is 0.244 e. The number of hydrogen-bond acceptors (Lipinski definition) is 3. The van der Waals surface area contributed by atoms with Crippen LogP contribution in [0.5, 0.6) is 0 Å². The van der Waals surface area contributed by atoms with E-state index in [1.165, 1.54) is 19.1 Å². The van der Waals surface area contributed by atoms with Gasteiger partial charge in [0.25, 0.3) is 0 Å². The van der Waals surface area contributed by atoms with Gasteiger partial charge in [0.2, 0.25) is 15.9 Å². The number of rotatable bonds is 6. The highest BCUT2D eigenvalue weighted by Gasteiger charge is 2.31. The maximum atomic E-state index is 12.9. The SMILES string of the molecule is Cc1ccc(C)c([C@H](C)NC(=O)[C@H](C)N(c2cc(Cl)ccc2Cl)S(C)(=O)=O)c1. The zero-order chi connectivity index (χ0) is 21.2. The molecule has 2 rings (SSSR count). The molecule has 0 spiro atoms. The molecule has 0 aliphatic rings. The fraction of sp³-hybridized carbons (Fsp3) is 0.350. The Balaban J connectivity index is 2.34. The molecule has 0 fully saturated rings. The van der Waals surface area contributed by atoms with Gasteiger partial charge in [-0.3, -0.25) is 9.10 Å². The van der Waals surface area contributed by atoms with Crippen molar-refractivity contribution in [2.75, 3.05) is 10.6 Å². The molecule has 0 saturated carbocycles. The Bertz CT molecular complexity index is 993. The lowest BCUT2D eigenvalue weighted by Crippen LogP contribution is -2.48. The Kier molecular flexibility index (Phi) is 7.02. The lowest BCUT2D eigenvalue weighted by molar-refractivity contribution is -0.122. The summed E-state index contributed by atoms with van der Waals surface area (Å²) in [6, 6.07) is 9.19. The molecule has 0 unspecified atom stereocenters. The first-order chi connectivity index (χ1) is 12.9. The predicted octanol–water partition coefficient (Wildman–Crippen LogP) is 4.64. The first-order valence-corrected chi connectivity index (χ1v) is 11.3. The van der Waals surface area contributed by atoms with Crippen LogP contribution in [0.2, 0.25) is 10.0 Å². The van der Waals surface area contributed by atoms with Gasteiger partial charge in [0.05, 0.1) is 23.0 Å². The van der Waals surface area contributed by atoms with Crippen LogP contribution in [-0.4, -0.2) is 26.6 Å². The van der Waals surface area contributed by atoms with Gasteiger partial charge in [0.1, 0.15) is 6.04 Å². The quantitative estimate of drug-likeness (QED) is 0.707. The minimum atomic E-state index is -3.79. The standard InChI is InChI=1S/C20H24Cl2N2O3S/c1-12-6-7-13(2)17(10-12)14(3)23-20(25)15(4)24(28(5,26)27)19-11-16(21)8-9-18(19)22/h6-11,14-15H,1-5H3,(H,23,25)/t14-,15-/m0/s1. The first-order valence-electron chi connectivity index (χ1n) is 8.73. The van der Waals surface area contributed by atoms with E-state index in [4.69, 9.17) is 23.2 Å². The summed E-state index contributed by atoms with van der Waals surface area (Å²) in [5.74, 6) is -0.435. The van der Waals surface area contributed by atoms with Crippen LogP contribution in [0.15, 0.2) is 36.4 Å². The Morgan fingerprint density at radius 3 is 2.32 bits per heavy atom. The third kappa shape index (κ3) is 5.19. The van der Waals surface area contributed by atoms with E-state index in [1.807, 2.05) is 39.0 Å². The van der Waals surface area contributed by atoms with Crippen molar-refractivity contribution in [3.8, 4) is 0 Å². The Morgan fingerprint density at radius 2 is 1.71 bits per heavy atom. The lowest BCUT2D eigenvalue weighted by atomic mass is 10.00. The molecule has 2 atom stereocenters. The maximum absolute atomic E-state index is 12.9. The van der Waals surface area contributed by atoms with Crippen molar-refractivity contribution in [3.05, 3.63) is 63.1 Å². The molecule has 0 aliphatic carbocycles. The van der Waals surface area contributed by atoms with Crippen LogP contribution in [0.1, 0.15) is 36.6 Å². The van der Waals surface area contributed by atoms with Crippen LogP contribution >= 0.6 is 23.2 Å². The minimum absolute atomic E-state index is 0.165. The molecule has 0 heterocycles. The number of halogens is 2. The number of amides is 1. The van der Waals surface area contributed by atoms with Gasteiger partial charge in [-0.05, 0) is 57.0 Å². The molecule has 2 aromatic rings. The second-order valence-electron chi connectivity index (χ2n) is 6.92. The average Bonchev–Trinajstić information content (AvgIpc) is 2.58. The van der Waals surface area contributed by atoms with Gasteiger partial charge in [-0.15, -0.1) is 0 Å². The summed E-state index contributed by atoms with van der Waals surface area (Å²) in [4.78, 5) is 12.9. The van der Waals surface area contributed by atoms with Crippen LogP contribution in [-0.2, 0) is 14.8 Å². The fourth-order valence-corrected chi connectivity index (χ4v) is 4.68. The summed E-state index contributed by atoms with van der Waals surface area (Å²) in [5, 5.41) is 3.41. The summed E-state index contributed by atoms with van der Waals surface area (Å²) < 4.78 is 25.9. The summed E-state index contributed by atoms with van der Waals surface area (Å²) in [6.07, 6.45) is 1.03. The normalized spacial score (nSPS) is 13.7. The van der Waals surface area contributed by atoms with E-state index in [9.17, 15) is 13.2 Å². The number of aryl methyl sites for hydroxylation is 2. The zero-order valence-electron chi connectivity index (χ0n) is 16.5. The van der Waals surface area contributed by atoms with E-state index >= 15 is 0 Å². The highest BCUT2D eigenvalue weighted by atomic mass is 35.5. The zero-order valence-corrected chi connectivity index (χ0v) is 18.8. The molecule has 1 amide bonds. The Morgan fingerprint density at radius 1 is 1.07 bits per heavy atom. The molecule has 8 heteroatoms. The molecule has 28 heavy (non-hydrogen) atoms. The van der Waals surface area contributed by atoms with Gasteiger partial charge in [0, 0.05) is 5.02 Å². The largest absolute Gasteiger partial charge is 0.348 e. The van der Waals surface area contributed by atoms with Gasteiger partial charge >= 0.3 is 0 Å². The molecule has 152 valence electrons. The highest BCUT2D eigenvalue weighted by molar-refractivity contribution is 7.92. The summed E-state index contributed by atoms with van der Waals surface area (Å²) in [5.41, 5.74) is 3.27. The topological polar surface area (TPSA) is 66.5 Å². The third-order valence-electron chi connectivity index (χ3n) is 4.49. The number of anilines is 1. The Hall–Kier alpha value is -1.76. The molecule has 0 saturated heterocycles. The molecule has 0 aliphatic heterocycles. The van der Waals surface area contributed by atoms with Crippen molar-refractivity contribution < 1.29 is 13.2 Å². The number of sulfonamides is 1. The lowest BCUT2D eigenvalue weighted by Gasteiger charge is -2.30. The van der Waals surface area contributed by atoms with Gasteiger partial charge in [0.15, 0.2) is 0 Å². The average molecular weight is 443 g/mol. The maximum Gasteiger partial charge on any atom is 0.244 e. The predicted molar refractivity (Wildman–Crippen MR) is 116 cm³/mol. The van der Waals surface area contributed by atoms with E-state index in [0.29, 0.717) is 5.02 Å². The minimum Gasteiger partial charge on any atom is -0.348 e. The summed E-state index contributed by atoms with van der Waals surface area (Å²) >= 11 is 12.2. The van der Waals surface area contributed by atoms with Crippen LogP contribution in [0.4, 0.5) is 5.69 Å². The van der Waals surface area contributed by atoms with Crippen LogP contribution < -0.4 is 9.62 Å². The molecule has 2 aromatic carbocycles. The van der Waals surface area contributed by atoms with Crippen molar-refractivity contribution in [2.24, 2.45) is 0 Å². The van der Waals surface area contributed by atoms with Crippen molar-refractivity contribution in [3.63, 3.8) is 0 Å². The van der Waals surface area contributed by atoms with Gasteiger partial charge in [-0.2, -0.15) is 0 Å². The number of hydrogen-bond donors (Lipinski definition) is 1. The highest BCUT2D eigenvalue weighted by Crippen LogP contribution is 2.32. The van der Waals surface area contributed by atoms with Gasteiger partial charge < -0.3 is 5.32 Å². The second kappa shape index (κ2) is 8.72. The summed E-state index contributed by atoms with van der Waals surface area (Å²) in [7, 11) is -3.79. The molecule has 0 aromatic heterocycles. The summed E-state index contributed by atoms with van der Waals surface area (Å²) in [6.45, 7) is 7.33. The van der Waals surface area contributed by atoms with Crippen molar-refractivity contribution >= 4 is 44.8 Å². The number of carbonyl (C=O) groups is 1. The van der Waals surface area contributed by atoms with E-state index in [2.05, 4.69) is 5.32 Å². The fourth-order valence-electron chi connectivity index (χ4n) is 3.07. The molecule has 0 radical (unpaired) electrons. The van der Waals surface area contributed by atoms with E-state index < -0.39 is 22.0 Å². The molecule has 1 N–H and O–H groups in total. The monoisotopic (exact) mass is 442 g/mol. The Labute approximate surface area is 176 Å². The van der Waals surface area contributed by atoms with Crippen LogP contribution in [0.25, 0.3) is 0 Å². The van der Waals surface area contributed by atoms with Crippen molar-refractivity contribution in [1.29, 1.82) is 0 Å². The third-order valence-corrected chi connectivity index (χ3v) is 6.28. The van der Waals surface area contributed by atoms with E-state index in [1.54, 1.807) is 6.07 Å². The van der Waals surface area contributed by atoms with Crippen LogP contribution in [0.3, 0.4) is 0 Å². The number of carbonyl (C=O) groups excluding carboxylic acids is 1. The van der Waals surface area contributed by atoms with E-state index in [0.717, 1.165) is 27.3 Å².